The second-order valence-electron chi connectivity index (χ2n) is 2.14. The molecule has 0 aliphatic rings. The number of thiocarbonyl (C=S) groups is 1. The summed E-state index contributed by atoms with van der Waals surface area (Å²) in [5.41, 5.74) is 1.21. The van der Waals surface area contributed by atoms with Crippen molar-refractivity contribution in [3.05, 3.63) is 35.9 Å². The van der Waals surface area contributed by atoms with Crippen molar-refractivity contribution in [2.24, 2.45) is 0 Å². The second kappa shape index (κ2) is 7.24. The maximum Gasteiger partial charge on any atom is 0.130 e. The molecular weight excluding hydrogens is 318 g/mol. The molecule has 0 aliphatic carbocycles. The molecule has 1 N–H and O–H groups in total. The molecule has 0 saturated carbocycles. The third kappa shape index (κ3) is 5.46. The molecule has 12 heavy (non-hydrogen) atoms. The smallest absolute Gasteiger partial charge is 0.130 e. The van der Waals surface area contributed by atoms with Gasteiger partial charge in [0.05, 0.1) is 0 Å². The molecule has 0 saturated heterocycles. The molecule has 0 spiro atoms. The molecule has 0 amide bonds. The molecular formula is C8H9NNdS2. The van der Waals surface area contributed by atoms with Crippen LogP contribution >= 0.6 is 24.8 Å². The monoisotopic (exact) mass is 325 g/mol. The van der Waals surface area contributed by atoms with Crippen molar-refractivity contribution in [1.82, 2.24) is 5.32 Å². The summed E-state index contributed by atoms with van der Waals surface area (Å²) in [5.74, 6) is 0. The Kier molecular flexibility index (Phi) is 7.73. The standard InChI is InChI=1S/C8H9NS2.Nd/c10-8(11)9-6-7-4-2-1-3-5-7;/h1-5H,6H2,(H2,9,10,11);. The van der Waals surface area contributed by atoms with Crippen LogP contribution < -0.4 is 5.32 Å². The van der Waals surface area contributed by atoms with Crippen molar-refractivity contribution < 1.29 is 40.8 Å². The zero-order valence-electron chi connectivity index (χ0n) is 6.45. The Bertz CT molecular complexity index is 238. The Morgan fingerprint density at radius 2 is 1.92 bits per heavy atom. The molecule has 0 atom stereocenters. The molecule has 4 heteroatoms. The third-order valence-corrected chi connectivity index (χ3v) is 1.59. The predicted molar refractivity (Wildman–Crippen MR) is 54.9 cm³/mol. The fourth-order valence-electron chi connectivity index (χ4n) is 0.774. The summed E-state index contributed by atoms with van der Waals surface area (Å²) >= 11 is 8.70. The zero-order chi connectivity index (χ0) is 8.10. The van der Waals surface area contributed by atoms with Gasteiger partial charge in [-0.3, -0.25) is 0 Å². The number of hydrogen-bond donors (Lipinski definition) is 2. The molecule has 0 heterocycles. The Hall–Kier alpha value is 0.811. The van der Waals surface area contributed by atoms with E-state index in [1.165, 1.54) is 5.56 Å². The molecule has 1 aromatic carbocycles. The van der Waals surface area contributed by atoms with E-state index in [1.54, 1.807) is 0 Å². The van der Waals surface area contributed by atoms with Crippen molar-refractivity contribution in [1.29, 1.82) is 0 Å². The Morgan fingerprint density at radius 1 is 1.33 bits per heavy atom. The Balaban J connectivity index is 0.00000121. The fourth-order valence-corrected chi connectivity index (χ4v) is 0.925. The SMILES string of the molecule is S=C(S)NCc1ccccc1.[Nd]. The van der Waals surface area contributed by atoms with E-state index in [4.69, 9.17) is 12.2 Å². The van der Waals surface area contributed by atoms with E-state index in [0.29, 0.717) is 4.32 Å². The van der Waals surface area contributed by atoms with Crippen LogP contribution in [0.15, 0.2) is 30.3 Å². The Labute approximate surface area is 116 Å². The average molecular weight is 328 g/mol. The van der Waals surface area contributed by atoms with Gasteiger partial charge in [-0.2, -0.15) is 0 Å². The zero-order valence-corrected chi connectivity index (χ0v) is 11.4. The van der Waals surface area contributed by atoms with E-state index in [0.717, 1.165) is 6.54 Å². The quantitative estimate of drug-likeness (QED) is 0.636. The van der Waals surface area contributed by atoms with Crippen LogP contribution in [0.4, 0.5) is 0 Å². The fraction of sp³-hybridized carbons (Fsp3) is 0.125. The van der Waals surface area contributed by atoms with Gasteiger partial charge in [-0.05, 0) is 5.56 Å². The van der Waals surface area contributed by atoms with Gasteiger partial charge in [0.2, 0.25) is 0 Å². The molecule has 1 rings (SSSR count). The molecule has 0 aliphatic heterocycles. The van der Waals surface area contributed by atoms with Gasteiger partial charge in [0.1, 0.15) is 4.32 Å². The molecule has 0 aromatic heterocycles. The van der Waals surface area contributed by atoms with Gasteiger partial charge in [0.15, 0.2) is 0 Å². The first-order valence-electron chi connectivity index (χ1n) is 3.30. The molecule has 1 aromatic rings. The van der Waals surface area contributed by atoms with Crippen LogP contribution in [0.5, 0.6) is 0 Å². The number of benzene rings is 1. The maximum atomic E-state index is 4.75. The van der Waals surface area contributed by atoms with Crippen LogP contribution in [0, 0.1) is 40.8 Å². The molecule has 0 bridgehead atoms. The number of rotatable bonds is 2. The summed E-state index contributed by atoms with van der Waals surface area (Å²) in [6.45, 7) is 0.753. The number of nitrogens with one attached hydrogen (secondary N) is 1. The third-order valence-electron chi connectivity index (χ3n) is 1.29. The average Bonchev–Trinajstić information content (AvgIpc) is 2.03. The van der Waals surface area contributed by atoms with Crippen LogP contribution in [0.2, 0.25) is 0 Å². The van der Waals surface area contributed by atoms with E-state index < -0.39 is 0 Å². The van der Waals surface area contributed by atoms with Crippen molar-refractivity contribution in [3.63, 3.8) is 0 Å². The van der Waals surface area contributed by atoms with Crippen molar-refractivity contribution in [2.45, 2.75) is 6.54 Å². The summed E-state index contributed by atoms with van der Waals surface area (Å²) in [6, 6.07) is 10.1. The van der Waals surface area contributed by atoms with Crippen molar-refractivity contribution >= 4 is 29.2 Å². The van der Waals surface area contributed by atoms with Crippen LogP contribution in [-0.2, 0) is 6.54 Å². The van der Waals surface area contributed by atoms with E-state index in [-0.39, 0.29) is 40.8 Å². The van der Waals surface area contributed by atoms with Gasteiger partial charge in [-0.25, -0.2) is 0 Å². The minimum atomic E-state index is 0. The Morgan fingerprint density at radius 3 is 2.42 bits per heavy atom. The first-order valence-corrected chi connectivity index (χ1v) is 4.15. The first-order chi connectivity index (χ1) is 5.29. The van der Waals surface area contributed by atoms with E-state index >= 15 is 0 Å². The van der Waals surface area contributed by atoms with Crippen molar-refractivity contribution in [2.75, 3.05) is 0 Å². The normalized spacial score (nSPS) is 8.42. The molecule has 0 fully saturated rings. The first kappa shape index (κ1) is 12.8. The summed E-state index contributed by atoms with van der Waals surface area (Å²) in [6.07, 6.45) is 0. The van der Waals surface area contributed by atoms with E-state index in [9.17, 15) is 0 Å². The van der Waals surface area contributed by atoms with Crippen LogP contribution in [0.1, 0.15) is 5.56 Å². The summed E-state index contributed by atoms with van der Waals surface area (Å²) < 4.78 is 0.536. The van der Waals surface area contributed by atoms with E-state index in [1.807, 2.05) is 30.3 Å². The topological polar surface area (TPSA) is 12.0 Å². The van der Waals surface area contributed by atoms with Gasteiger partial charge in [0, 0.05) is 47.4 Å². The summed E-state index contributed by atoms with van der Waals surface area (Å²) in [7, 11) is 0. The van der Waals surface area contributed by atoms with E-state index in [2.05, 4.69) is 17.9 Å². The van der Waals surface area contributed by atoms with Gasteiger partial charge >= 0.3 is 0 Å². The number of thiol groups is 1. The van der Waals surface area contributed by atoms with Gasteiger partial charge in [0.25, 0.3) is 0 Å². The van der Waals surface area contributed by atoms with Crippen LogP contribution in [-0.4, -0.2) is 4.32 Å². The summed E-state index contributed by atoms with van der Waals surface area (Å²) in [5, 5.41) is 2.96. The summed E-state index contributed by atoms with van der Waals surface area (Å²) in [4.78, 5) is 0. The number of hydrogen-bond acceptors (Lipinski definition) is 1. The molecule has 1 nitrogen and oxygen atoms in total. The predicted octanol–water partition coefficient (Wildman–Crippen LogP) is 1.99. The van der Waals surface area contributed by atoms with Gasteiger partial charge in [-0.15, -0.1) is 12.6 Å². The largest absolute Gasteiger partial charge is 0.367 e. The second-order valence-corrected chi connectivity index (χ2v) is 3.30. The van der Waals surface area contributed by atoms with Crippen LogP contribution in [0.3, 0.4) is 0 Å². The molecule has 62 valence electrons. The van der Waals surface area contributed by atoms with Gasteiger partial charge in [-0.1, -0.05) is 42.5 Å². The minimum absolute atomic E-state index is 0. The maximum absolute atomic E-state index is 4.75. The molecule has 0 unspecified atom stereocenters. The molecule has 0 radical (unpaired) electrons. The van der Waals surface area contributed by atoms with Crippen LogP contribution in [0.25, 0.3) is 0 Å². The minimum Gasteiger partial charge on any atom is -0.367 e. The van der Waals surface area contributed by atoms with Crippen molar-refractivity contribution in [3.8, 4) is 0 Å². The van der Waals surface area contributed by atoms with Gasteiger partial charge < -0.3 is 5.32 Å².